The summed E-state index contributed by atoms with van der Waals surface area (Å²) >= 11 is 0. The average Bonchev–Trinajstić information content (AvgIpc) is 3.13. The zero-order valence-electron chi connectivity index (χ0n) is 19.8. The van der Waals surface area contributed by atoms with Crippen LogP contribution in [0.5, 0.6) is 0 Å². The van der Waals surface area contributed by atoms with E-state index in [1.165, 1.54) is 0 Å². The molecule has 2 amide bonds. The Bertz CT molecular complexity index is 1030. The molecule has 7 heteroatoms. The van der Waals surface area contributed by atoms with E-state index in [0.29, 0.717) is 6.42 Å². The molecule has 2 aromatic rings. The van der Waals surface area contributed by atoms with Crippen LogP contribution in [0.4, 0.5) is 4.79 Å². The standard InChI is InChI=1S/C27H32N2O5/c1-4-18(15-25(30)31)28-26(32)24(14-13-17(2)3)29-27(33)34-16-23-21-11-7-5-9-19(21)20-10-6-8-12-22(20)23/h5-13,18,23-24H,4,14-16H2,1-3H3,(H,28,32)(H,29,33)(H,30,31)/t18-,24?/m1/s1. The van der Waals surface area contributed by atoms with Gasteiger partial charge in [-0.2, -0.15) is 0 Å². The summed E-state index contributed by atoms with van der Waals surface area (Å²) in [6.45, 7) is 5.76. The normalized spacial score (nSPS) is 13.7. The maximum absolute atomic E-state index is 12.8. The Balaban J connectivity index is 1.67. The minimum Gasteiger partial charge on any atom is -0.481 e. The highest BCUT2D eigenvalue weighted by atomic mass is 16.5. The quantitative estimate of drug-likeness (QED) is 0.445. The van der Waals surface area contributed by atoms with Crippen LogP contribution in [-0.2, 0) is 14.3 Å². The first-order valence-corrected chi connectivity index (χ1v) is 11.6. The molecule has 1 aliphatic rings. The van der Waals surface area contributed by atoms with E-state index in [-0.39, 0.29) is 25.4 Å². The molecule has 180 valence electrons. The Morgan fingerprint density at radius 2 is 1.59 bits per heavy atom. The Morgan fingerprint density at radius 1 is 1.00 bits per heavy atom. The van der Waals surface area contributed by atoms with Crippen LogP contribution in [-0.4, -0.2) is 41.8 Å². The number of carboxylic acids is 1. The van der Waals surface area contributed by atoms with Crippen molar-refractivity contribution in [3.63, 3.8) is 0 Å². The van der Waals surface area contributed by atoms with Crippen molar-refractivity contribution in [2.45, 2.75) is 58.0 Å². The number of rotatable bonds is 10. The fourth-order valence-electron chi connectivity index (χ4n) is 4.18. The molecule has 0 bridgehead atoms. The van der Waals surface area contributed by atoms with Crippen LogP contribution in [0.3, 0.4) is 0 Å². The molecule has 0 saturated carbocycles. The lowest BCUT2D eigenvalue weighted by Crippen LogP contribution is -2.50. The van der Waals surface area contributed by atoms with Crippen molar-refractivity contribution in [1.29, 1.82) is 0 Å². The summed E-state index contributed by atoms with van der Waals surface area (Å²) in [5.74, 6) is -1.50. The zero-order chi connectivity index (χ0) is 24.7. The molecule has 0 radical (unpaired) electrons. The van der Waals surface area contributed by atoms with E-state index in [1.54, 1.807) is 6.92 Å². The molecule has 2 aromatic carbocycles. The Kier molecular flexibility index (Phi) is 8.46. The number of fused-ring (bicyclic) bond motifs is 3. The summed E-state index contributed by atoms with van der Waals surface area (Å²) in [4.78, 5) is 36.6. The second-order valence-corrected chi connectivity index (χ2v) is 8.75. The van der Waals surface area contributed by atoms with Gasteiger partial charge in [-0.3, -0.25) is 9.59 Å². The second kappa shape index (κ2) is 11.5. The molecule has 0 aromatic heterocycles. The summed E-state index contributed by atoms with van der Waals surface area (Å²) < 4.78 is 5.58. The van der Waals surface area contributed by atoms with E-state index < -0.39 is 30.1 Å². The summed E-state index contributed by atoms with van der Waals surface area (Å²) in [7, 11) is 0. The van der Waals surface area contributed by atoms with Gasteiger partial charge in [0, 0.05) is 12.0 Å². The minimum absolute atomic E-state index is 0.0803. The van der Waals surface area contributed by atoms with E-state index in [2.05, 4.69) is 22.8 Å². The number of ether oxygens (including phenoxy) is 1. The first kappa shape index (κ1) is 25.0. The number of allylic oxidation sites excluding steroid dienone is 1. The lowest BCUT2D eigenvalue weighted by Gasteiger charge is -2.22. The van der Waals surface area contributed by atoms with Crippen molar-refractivity contribution in [3.05, 3.63) is 71.3 Å². The van der Waals surface area contributed by atoms with Crippen molar-refractivity contribution in [2.75, 3.05) is 6.61 Å². The molecule has 0 heterocycles. The summed E-state index contributed by atoms with van der Waals surface area (Å²) in [5, 5.41) is 14.4. The first-order chi connectivity index (χ1) is 16.3. The summed E-state index contributed by atoms with van der Waals surface area (Å²) in [5.41, 5.74) is 5.49. The predicted molar refractivity (Wildman–Crippen MR) is 131 cm³/mol. The average molecular weight is 465 g/mol. The number of carbonyl (C=O) groups excluding carboxylic acids is 2. The third kappa shape index (κ3) is 6.25. The van der Waals surface area contributed by atoms with Crippen LogP contribution >= 0.6 is 0 Å². The lowest BCUT2D eigenvalue weighted by atomic mass is 9.98. The van der Waals surface area contributed by atoms with E-state index in [4.69, 9.17) is 9.84 Å². The minimum atomic E-state index is -0.988. The highest BCUT2D eigenvalue weighted by Crippen LogP contribution is 2.44. The van der Waals surface area contributed by atoms with Gasteiger partial charge in [-0.15, -0.1) is 0 Å². The molecule has 3 N–H and O–H groups in total. The highest BCUT2D eigenvalue weighted by Gasteiger charge is 2.30. The number of aliphatic carboxylic acids is 1. The van der Waals surface area contributed by atoms with Gasteiger partial charge in [0.05, 0.1) is 6.42 Å². The van der Waals surface area contributed by atoms with Crippen LogP contribution < -0.4 is 10.6 Å². The third-order valence-corrected chi connectivity index (χ3v) is 5.97. The monoisotopic (exact) mass is 464 g/mol. The van der Waals surface area contributed by atoms with Gasteiger partial charge >= 0.3 is 12.1 Å². The predicted octanol–water partition coefficient (Wildman–Crippen LogP) is 4.62. The van der Waals surface area contributed by atoms with Gasteiger partial charge in [-0.05, 0) is 48.9 Å². The maximum Gasteiger partial charge on any atom is 0.407 e. The fourth-order valence-corrected chi connectivity index (χ4v) is 4.18. The molecular weight excluding hydrogens is 432 g/mol. The molecule has 0 saturated heterocycles. The molecule has 2 atom stereocenters. The van der Waals surface area contributed by atoms with Gasteiger partial charge in [0.25, 0.3) is 0 Å². The van der Waals surface area contributed by atoms with Gasteiger partial charge in [0.2, 0.25) is 5.91 Å². The number of alkyl carbamates (subject to hydrolysis) is 1. The summed E-state index contributed by atoms with van der Waals surface area (Å²) in [6, 6.07) is 14.8. The number of benzene rings is 2. The van der Waals surface area contributed by atoms with Crippen molar-refractivity contribution in [1.82, 2.24) is 10.6 Å². The number of carbonyl (C=O) groups is 3. The SMILES string of the molecule is CC[C@H](CC(=O)O)NC(=O)C(CC=C(C)C)NC(=O)OCC1c2ccccc2-c2ccccc21. The zero-order valence-corrected chi connectivity index (χ0v) is 19.8. The second-order valence-electron chi connectivity index (χ2n) is 8.75. The topological polar surface area (TPSA) is 105 Å². The molecular formula is C27H32N2O5. The molecule has 0 spiro atoms. The molecule has 1 aliphatic carbocycles. The van der Waals surface area contributed by atoms with Gasteiger partial charge in [0.1, 0.15) is 12.6 Å². The van der Waals surface area contributed by atoms with Crippen LogP contribution in [0, 0.1) is 0 Å². The largest absolute Gasteiger partial charge is 0.481 e. The van der Waals surface area contributed by atoms with Crippen molar-refractivity contribution in [2.24, 2.45) is 0 Å². The Morgan fingerprint density at radius 3 is 2.12 bits per heavy atom. The van der Waals surface area contributed by atoms with Crippen molar-refractivity contribution in [3.8, 4) is 11.1 Å². The number of amides is 2. The van der Waals surface area contributed by atoms with E-state index in [9.17, 15) is 14.4 Å². The van der Waals surface area contributed by atoms with Crippen molar-refractivity contribution < 1.29 is 24.2 Å². The number of carboxylic acid groups (broad SMARTS) is 1. The van der Waals surface area contributed by atoms with E-state index in [1.807, 2.05) is 56.3 Å². The van der Waals surface area contributed by atoms with Gasteiger partial charge in [-0.1, -0.05) is 67.1 Å². The first-order valence-electron chi connectivity index (χ1n) is 11.6. The fraction of sp³-hybridized carbons (Fsp3) is 0.370. The Labute approximate surface area is 200 Å². The Hall–Kier alpha value is -3.61. The molecule has 0 aliphatic heterocycles. The molecule has 1 unspecified atom stereocenters. The lowest BCUT2D eigenvalue weighted by molar-refractivity contribution is -0.137. The molecule has 7 nitrogen and oxygen atoms in total. The maximum atomic E-state index is 12.8. The molecule has 3 rings (SSSR count). The van der Waals surface area contributed by atoms with Crippen LogP contribution in [0.15, 0.2) is 60.2 Å². The summed E-state index contributed by atoms with van der Waals surface area (Å²) in [6.07, 6.45) is 1.74. The van der Waals surface area contributed by atoms with E-state index >= 15 is 0 Å². The van der Waals surface area contributed by atoms with Gasteiger partial charge < -0.3 is 20.5 Å². The smallest absolute Gasteiger partial charge is 0.407 e. The van der Waals surface area contributed by atoms with Crippen molar-refractivity contribution >= 4 is 18.0 Å². The van der Waals surface area contributed by atoms with Crippen LogP contribution in [0.1, 0.15) is 57.1 Å². The molecule has 34 heavy (non-hydrogen) atoms. The number of hydrogen-bond acceptors (Lipinski definition) is 4. The number of hydrogen-bond donors (Lipinski definition) is 3. The van der Waals surface area contributed by atoms with Crippen LogP contribution in [0.25, 0.3) is 11.1 Å². The van der Waals surface area contributed by atoms with Gasteiger partial charge in [-0.25, -0.2) is 4.79 Å². The third-order valence-electron chi connectivity index (χ3n) is 5.97. The van der Waals surface area contributed by atoms with Gasteiger partial charge in [0.15, 0.2) is 0 Å². The number of nitrogens with one attached hydrogen (secondary N) is 2. The highest BCUT2D eigenvalue weighted by molar-refractivity contribution is 5.86. The van der Waals surface area contributed by atoms with E-state index in [0.717, 1.165) is 27.8 Å². The molecule has 0 fully saturated rings. The van der Waals surface area contributed by atoms with Crippen LogP contribution in [0.2, 0.25) is 0 Å².